The lowest BCUT2D eigenvalue weighted by Gasteiger charge is -2.36. The van der Waals surface area contributed by atoms with E-state index in [9.17, 15) is 4.79 Å². The van der Waals surface area contributed by atoms with Crippen LogP contribution < -0.4 is 4.90 Å². The van der Waals surface area contributed by atoms with Crippen molar-refractivity contribution >= 4 is 45.8 Å². The zero-order valence-electron chi connectivity index (χ0n) is 14.9. The van der Waals surface area contributed by atoms with Crippen molar-refractivity contribution in [1.29, 1.82) is 0 Å². The fourth-order valence-corrected chi connectivity index (χ4v) is 3.61. The van der Waals surface area contributed by atoms with Crippen LogP contribution in [0.25, 0.3) is 11.0 Å². The number of carbonyl (C=O) groups excluding carboxylic acids is 1. The Morgan fingerprint density at radius 3 is 2.63 bits per heavy atom. The number of hydrogen-bond donors (Lipinski definition) is 0. The van der Waals surface area contributed by atoms with Gasteiger partial charge < -0.3 is 9.80 Å². The van der Waals surface area contributed by atoms with Crippen molar-refractivity contribution in [1.82, 2.24) is 19.7 Å². The number of fused-ring (bicyclic) bond motifs is 1. The summed E-state index contributed by atoms with van der Waals surface area (Å²) >= 11 is 12.1. The predicted molar refractivity (Wildman–Crippen MR) is 108 cm³/mol. The van der Waals surface area contributed by atoms with E-state index in [1.165, 1.54) is 0 Å². The van der Waals surface area contributed by atoms with E-state index in [-0.39, 0.29) is 12.5 Å². The lowest BCUT2D eigenvalue weighted by atomic mass is 10.2. The maximum atomic E-state index is 12.7. The van der Waals surface area contributed by atoms with Gasteiger partial charge in [0.1, 0.15) is 6.54 Å². The van der Waals surface area contributed by atoms with Gasteiger partial charge in [-0.1, -0.05) is 23.2 Å². The van der Waals surface area contributed by atoms with Crippen LogP contribution in [0.2, 0.25) is 10.0 Å². The average Bonchev–Trinajstić information content (AvgIpc) is 3.06. The summed E-state index contributed by atoms with van der Waals surface area (Å²) < 4.78 is 1.63. The maximum absolute atomic E-state index is 12.7. The molecule has 3 aromatic rings. The van der Waals surface area contributed by atoms with Crippen LogP contribution >= 0.6 is 23.2 Å². The first-order chi connectivity index (χ1) is 13.0. The molecule has 4 rings (SSSR count). The normalized spacial score (nSPS) is 14.8. The van der Waals surface area contributed by atoms with Crippen LogP contribution in [0.5, 0.6) is 0 Å². The molecule has 1 aromatic carbocycles. The number of hydrogen-bond acceptors (Lipinski definition) is 4. The second-order valence-electron chi connectivity index (χ2n) is 6.67. The van der Waals surface area contributed by atoms with Gasteiger partial charge in [-0.15, -0.1) is 0 Å². The van der Waals surface area contributed by atoms with Gasteiger partial charge in [0.15, 0.2) is 5.65 Å². The van der Waals surface area contributed by atoms with Crippen molar-refractivity contribution < 1.29 is 4.79 Å². The zero-order valence-corrected chi connectivity index (χ0v) is 16.4. The molecule has 0 unspecified atom stereocenters. The number of anilines is 1. The fourth-order valence-electron chi connectivity index (χ4n) is 3.33. The van der Waals surface area contributed by atoms with Crippen LogP contribution in [0.3, 0.4) is 0 Å². The van der Waals surface area contributed by atoms with Gasteiger partial charge >= 0.3 is 0 Å². The van der Waals surface area contributed by atoms with Crippen LogP contribution in [0.4, 0.5) is 5.69 Å². The molecule has 0 aliphatic carbocycles. The quantitative estimate of drug-likeness (QED) is 0.672. The van der Waals surface area contributed by atoms with E-state index in [4.69, 9.17) is 23.2 Å². The number of piperazine rings is 1. The number of nitrogens with zero attached hydrogens (tertiary/aromatic N) is 5. The van der Waals surface area contributed by atoms with Crippen molar-refractivity contribution in [2.45, 2.75) is 13.5 Å². The average molecular weight is 404 g/mol. The molecule has 8 heteroatoms. The minimum absolute atomic E-state index is 0.0451. The van der Waals surface area contributed by atoms with Crippen molar-refractivity contribution in [3.8, 4) is 0 Å². The Labute approximate surface area is 167 Å². The molecule has 1 aliphatic heterocycles. The second-order valence-corrected chi connectivity index (χ2v) is 7.51. The van der Waals surface area contributed by atoms with E-state index < -0.39 is 0 Å². The van der Waals surface area contributed by atoms with E-state index in [0.717, 1.165) is 34.7 Å². The van der Waals surface area contributed by atoms with Crippen molar-refractivity contribution in [2.24, 2.45) is 0 Å². The Balaban J connectivity index is 1.40. The lowest BCUT2D eigenvalue weighted by molar-refractivity contribution is -0.132. The first-order valence-corrected chi connectivity index (χ1v) is 9.53. The highest BCUT2D eigenvalue weighted by atomic mass is 35.5. The third kappa shape index (κ3) is 3.73. The SMILES string of the molecule is Cc1cc(N2CCN(C(=O)Cn3ncc4cc(Cl)cnc43)CC2)ccc1Cl. The highest BCUT2D eigenvalue weighted by molar-refractivity contribution is 6.31. The van der Waals surface area contributed by atoms with Crippen LogP contribution in [-0.4, -0.2) is 51.8 Å². The highest BCUT2D eigenvalue weighted by Gasteiger charge is 2.22. The van der Waals surface area contributed by atoms with E-state index >= 15 is 0 Å². The Morgan fingerprint density at radius 1 is 1.11 bits per heavy atom. The van der Waals surface area contributed by atoms with Gasteiger partial charge in [-0.05, 0) is 36.8 Å². The summed E-state index contributed by atoms with van der Waals surface area (Å²) in [4.78, 5) is 21.1. The van der Waals surface area contributed by atoms with Gasteiger partial charge in [-0.3, -0.25) is 4.79 Å². The van der Waals surface area contributed by atoms with Crippen LogP contribution in [-0.2, 0) is 11.3 Å². The van der Waals surface area contributed by atoms with Crippen LogP contribution in [0.1, 0.15) is 5.56 Å². The first-order valence-electron chi connectivity index (χ1n) is 8.77. The Morgan fingerprint density at radius 2 is 1.89 bits per heavy atom. The molecule has 0 bridgehead atoms. The number of benzene rings is 1. The highest BCUT2D eigenvalue weighted by Crippen LogP contribution is 2.23. The smallest absolute Gasteiger partial charge is 0.244 e. The minimum atomic E-state index is 0.0451. The molecule has 3 heterocycles. The number of rotatable bonds is 3. The molecule has 2 aromatic heterocycles. The number of amides is 1. The lowest BCUT2D eigenvalue weighted by Crippen LogP contribution is -2.49. The van der Waals surface area contributed by atoms with E-state index in [2.05, 4.69) is 21.0 Å². The molecule has 140 valence electrons. The number of carbonyl (C=O) groups is 1. The summed E-state index contributed by atoms with van der Waals surface area (Å²) in [7, 11) is 0. The summed E-state index contributed by atoms with van der Waals surface area (Å²) in [5.41, 5.74) is 2.87. The molecule has 1 fully saturated rings. The Bertz CT molecular complexity index is 995. The predicted octanol–water partition coefficient (Wildman–Crippen LogP) is 3.40. The van der Waals surface area contributed by atoms with Crippen molar-refractivity contribution in [3.63, 3.8) is 0 Å². The second kappa shape index (κ2) is 7.37. The number of aryl methyl sites for hydroxylation is 1. The number of pyridine rings is 1. The largest absolute Gasteiger partial charge is 0.368 e. The fraction of sp³-hybridized carbons (Fsp3) is 0.316. The summed E-state index contributed by atoms with van der Waals surface area (Å²) in [6, 6.07) is 7.84. The minimum Gasteiger partial charge on any atom is -0.368 e. The van der Waals surface area contributed by atoms with Gasteiger partial charge in [-0.25, -0.2) is 9.67 Å². The molecular formula is C19H19Cl2N5O. The molecule has 0 N–H and O–H groups in total. The van der Waals surface area contributed by atoms with Gasteiger partial charge in [0.05, 0.1) is 11.2 Å². The van der Waals surface area contributed by atoms with Gasteiger partial charge in [-0.2, -0.15) is 5.10 Å². The summed E-state index contributed by atoms with van der Waals surface area (Å²) in [6.45, 7) is 5.12. The third-order valence-corrected chi connectivity index (χ3v) is 5.50. The summed E-state index contributed by atoms with van der Waals surface area (Å²) in [5, 5.41) is 6.44. The van der Waals surface area contributed by atoms with Gasteiger partial charge in [0, 0.05) is 48.5 Å². The summed E-state index contributed by atoms with van der Waals surface area (Å²) in [6.07, 6.45) is 3.25. The molecule has 0 atom stereocenters. The molecule has 6 nitrogen and oxygen atoms in total. The molecule has 0 saturated carbocycles. The van der Waals surface area contributed by atoms with Crippen LogP contribution in [0.15, 0.2) is 36.7 Å². The maximum Gasteiger partial charge on any atom is 0.244 e. The Kier molecular flexibility index (Phi) is 4.93. The number of halogens is 2. The molecule has 1 aliphatic rings. The molecule has 1 amide bonds. The molecule has 0 radical (unpaired) electrons. The van der Waals surface area contributed by atoms with Crippen LogP contribution in [0, 0.1) is 6.92 Å². The van der Waals surface area contributed by atoms with E-state index in [1.807, 2.05) is 24.0 Å². The standard InChI is InChI=1S/C19H19Cl2N5O/c1-13-8-16(2-3-17(13)21)24-4-6-25(7-5-24)18(27)12-26-19-14(10-23-26)9-15(20)11-22-19/h2-3,8-11H,4-7,12H2,1H3. The topological polar surface area (TPSA) is 54.3 Å². The molecule has 0 spiro atoms. The van der Waals surface area contributed by atoms with Gasteiger partial charge in [0.2, 0.25) is 5.91 Å². The number of aromatic nitrogens is 3. The molecule has 27 heavy (non-hydrogen) atoms. The van der Waals surface area contributed by atoms with Gasteiger partial charge in [0.25, 0.3) is 0 Å². The van der Waals surface area contributed by atoms with E-state index in [1.54, 1.807) is 23.1 Å². The molecular weight excluding hydrogens is 385 g/mol. The Hall–Kier alpha value is -2.31. The van der Waals surface area contributed by atoms with Crippen molar-refractivity contribution in [2.75, 3.05) is 31.1 Å². The van der Waals surface area contributed by atoms with Crippen molar-refractivity contribution in [3.05, 3.63) is 52.3 Å². The third-order valence-electron chi connectivity index (χ3n) is 4.87. The molecule has 1 saturated heterocycles. The monoisotopic (exact) mass is 403 g/mol. The first kappa shape index (κ1) is 18.1. The summed E-state index contributed by atoms with van der Waals surface area (Å²) in [5.74, 6) is 0.0451. The zero-order chi connectivity index (χ0) is 19.0. The van der Waals surface area contributed by atoms with E-state index in [0.29, 0.717) is 23.8 Å².